The van der Waals surface area contributed by atoms with Crippen LogP contribution in [0.2, 0.25) is 0 Å². The fraction of sp³-hybridized carbons (Fsp3) is 0.0800. The number of para-hydroxylation sites is 1. The van der Waals surface area contributed by atoms with Gasteiger partial charge >= 0.3 is 0 Å². The number of benzene rings is 3. The Kier molecular flexibility index (Phi) is 6.19. The Morgan fingerprint density at radius 1 is 0.871 bits per heavy atom. The van der Waals surface area contributed by atoms with Crippen LogP contribution in [0.1, 0.15) is 27.7 Å². The minimum atomic E-state index is -0.824. The number of carbonyl (C=O) groups is 2. The van der Waals surface area contributed by atoms with Crippen molar-refractivity contribution in [3.8, 4) is 10.6 Å². The molecule has 1 aromatic heterocycles. The third-order valence-electron chi connectivity index (χ3n) is 4.72. The zero-order valence-electron chi connectivity index (χ0n) is 16.9. The van der Waals surface area contributed by atoms with Gasteiger partial charge in [0.25, 0.3) is 11.8 Å². The smallest absolute Gasteiger partial charge is 0.252 e. The highest BCUT2D eigenvalue weighted by Gasteiger charge is 2.23. The second-order valence-corrected chi connectivity index (χ2v) is 7.90. The first-order chi connectivity index (χ1) is 15.1. The second-order valence-electron chi connectivity index (χ2n) is 7.04. The molecule has 2 amide bonds. The van der Waals surface area contributed by atoms with Crippen molar-refractivity contribution in [3.05, 3.63) is 107 Å². The van der Waals surface area contributed by atoms with Crippen LogP contribution in [0.15, 0.2) is 90.3 Å². The molecule has 0 saturated carbocycles. The summed E-state index contributed by atoms with van der Waals surface area (Å²) in [6.45, 7) is 1.95. The zero-order chi connectivity index (χ0) is 21.6. The maximum Gasteiger partial charge on any atom is 0.252 e. The van der Waals surface area contributed by atoms with Gasteiger partial charge in [0.15, 0.2) is 0 Å². The van der Waals surface area contributed by atoms with Crippen molar-refractivity contribution in [2.45, 2.75) is 13.0 Å². The molecule has 0 aliphatic heterocycles. The highest BCUT2D eigenvalue weighted by atomic mass is 32.1. The number of nitrogens with one attached hydrogen (secondary N) is 2. The van der Waals surface area contributed by atoms with Gasteiger partial charge in [-0.15, -0.1) is 11.3 Å². The molecule has 154 valence electrons. The molecule has 4 rings (SSSR count). The van der Waals surface area contributed by atoms with E-state index in [1.165, 1.54) is 0 Å². The Bertz CT molecular complexity index is 1170. The number of aryl methyl sites for hydroxylation is 1. The molecule has 1 unspecified atom stereocenters. The SMILES string of the molecule is Cc1csc(-c2ccc(C(=O)NC(C(=O)Nc3ccccc3)c3ccccc3)cc2)n1. The molecule has 5 nitrogen and oxygen atoms in total. The molecule has 3 aromatic carbocycles. The fourth-order valence-electron chi connectivity index (χ4n) is 3.15. The number of amides is 2. The molecular weight excluding hydrogens is 406 g/mol. The molecule has 6 heteroatoms. The average molecular weight is 428 g/mol. The van der Waals surface area contributed by atoms with Crippen LogP contribution in [0.3, 0.4) is 0 Å². The van der Waals surface area contributed by atoms with Crippen LogP contribution in [0.5, 0.6) is 0 Å². The van der Waals surface area contributed by atoms with Gasteiger partial charge in [-0.1, -0.05) is 60.7 Å². The molecule has 1 heterocycles. The molecule has 0 bridgehead atoms. The van der Waals surface area contributed by atoms with Crippen LogP contribution in [0.4, 0.5) is 5.69 Å². The van der Waals surface area contributed by atoms with E-state index in [4.69, 9.17) is 0 Å². The van der Waals surface area contributed by atoms with Crippen LogP contribution in [0, 0.1) is 6.92 Å². The number of rotatable bonds is 6. The van der Waals surface area contributed by atoms with E-state index < -0.39 is 6.04 Å². The summed E-state index contributed by atoms with van der Waals surface area (Å²) in [7, 11) is 0. The molecule has 0 spiro atoms. The van der Waals surface area contributed by atoms with Gasteiger partial charge in [0, 0.05) is 27.9 Å². The molecule has 4 aromatic rings. The summed E-state index contributed by atoms with van der Waals surface area (Å²) in [4.78, 5) is 30.4. The van der Waals surface area contributed by atoms with Crippen LogP contribution < -0.4 is 10.6 Å². The normalized spacial score (nSPS) is 11.5. The third kappa shape index (κ3) is 5.05. The van der Waals surface area contributed by atoms with Crippen molar-refractivity contribution in [2.24, 2.45) is 0 Å². The first-order valence-corrected chi connectivity index (χ1v) is 10.7. The van der Waals surface area contributed by atoms with E-state index in [1.807, 2.05) is 73.0 Å². The zero-order valence-corrected chi connectivity index (χ0v) is 17.7. The van der Waals surface area contributed by atoms with Gasteiger partial charge in [-0.05, 0) is 36.8 Å². The highest BCUT2D eigenvalue weighted by molar-refractivity contribution is 7.13. The number of nitrogens with zero attached hydrogens (tertiary/aromatic N) is 1. The van der Waals surface area contributed by atoms with Gasteiger partial charge in [0.2, 0.25) is 0 Å². The maximum atomic E-state index is 13.0. The molecule has 0 radical (unpaired) electrons. The van der Waals surface area contributed by atoms with Crippen molar-refractivity contribution >= 4 is 28.8 Å². The molecule has 0 saturated heterocycles. The lowest BCUT2D eigenvalue weighted by Gasteiger charge is -2.19. The Morgan fingerprint density at radius 2 is 1.52 bits per heavy atom. The quantitative estimate of drug-likeness (QED) is 0.443. The lowest BCUT2D eigenvalue weighted by atomic mass is 10.0. The van der Waals surface area contributed by atoms with Crippen molar-refractivity contribution < 1.29 is 9.59 Å². The van der Waals surface area contributed by atoms with Crippen LogP contribution in [0.25, 0.3) is 10.6 Å². The van der Waals surface area contributed by atoms with Gasteiger partial charge in [-0.2, -0.15) is 0 Å². The van der Waals surface area contributed by atoms with E-state index >= 15 is 0 Å². The summed E-state index contributed by atoms with van der Waals surface area (Å²) >= 11 is 1.57. The Balaban J connectivity index is 1.53. The topological polar surface area (TPSA) is 71.1 Å². The lowest BCUT2D eigenvalue weighted by Crippen LogP contribution is -2.37. The van der Waals surface area contributed by atoms with E-state index in [-0.39, 0.29) is 11.8 Å². The van der Waals surface area contributed by atoms with Gasteiger partial charge in [-0.25, -0.2) is 4.98 Å². The standard InChI is InChI=1S/C25H21N3O2S/c1-17-16-31-25(26-17)20-14-12-19(13-15-20)23(29)28-22(18-8-4-2-5-9-18)24(30)27-21-10-6-3-7-11-21/h2-16,22H,1H3,(H,27,30)(H,28,29). The number of carbonyl (C=O) groups excluding carboxylic acids is 2. The summed E-state index contributed by atoms with van der Waals surface area (Å²) in [5.41, 5.74) is 3.78. The molecule has 31 heavy (non-hydrogen) atoms. The minimum absolute atomic E-state index is 0.305. The molecule has 1 atom stereocenters. The number of thiazole rings is 1. The number of hydrogen-bond acceptors (Lipinski definition) is 4. The summed E-state index contributed by atoms with van der Waals surface area (Å²) in [5, 5.41) is 8.64. The number of anilines is 1. The third-order valence-corrected chi connectivity index (χ3v) is 5.73. The Hall–Kier alpha value is -3.77. The van der Waals surface area contributed by atoms with E-state index in [1.54, 1.807) is 35.6 Å². The van der Waals surface area contributed by atoms with Crippen molar-refractivity contribution in [2.75, 3.05) is 5.32 Å². The largest absolute Gasteiger partial charge is 0.336 e. The first kappa shape index (κ1) is 20.5. The van der Waals surface area contributed by atoms with Crippen LogP contribution in [-0.4, -0.2) is 16.8 Å². The fourth-order valence-corrected chi connectivity index (χ4v) is 3.95. The monoisotopic (exact) mass is 427 g/mol. The molecular formula is C25H21N3O2S. The molecule has 0 fully saturated rings. The Morgan fingerprint density at radius 3 is 2.13 bits per heavy atom. The van der Waals surface area contributed by atoms with Crippen molar-refractivity contribution in [1.29, 1.82) is 0 Å². The summed E-state index contributed by atoms with van der Waals surface area (Å²) in [6.07, 6.45) is 0. The van der Waals surface area contributed by atoms with E-state index in [9.17, 15) is 9.59 Å². The van der Waals surface area contributed by atoms with E-state index in [2.05, 4.69) is 15.6 Å². The number of aromatic nitrogens is 1. The maximum absolute atomic E-state index is 13.0. The number of hydrogen-bond donors (Lipinski definition) is 2. The molecule has 2 N–H and O–H groups in total. The van der Waals surface area contributed by atoms with E-state index in [0.29, 0.717) is 16.8 Å². The van der Waals surface area contributed by atoms with E-state index in [0.717, 1.165) is 16.3 Å². The van der Waals surface area contributed by atoms with Crippen molar-refractivity contribution in [1.82, 2.24) is 10.3 Å². The predicted octanol–water partition coefficient (Wildman–Crippen LogP) is 5.23. The summed E-state index contributed by atoms with van der Waals surface area (Å²) < 4.78 is 0. The highest BCUT2D eigenvalue weighted by Crippen LogP contribution is 2.24. The summed E-state index contributed by atoms with van der Waals surface area (Å²) in [6, 6.07) is 24.8. The van der Waals surface area contributed by atoms with Crippen LogP contribution >= 0.6 is 11.3 Å². The van der Waals surface area contributed by atoms with Crippen LogP contribution in [-0.2, 0) is 4.79 Å². The van der Waals surface area contributed by atoms with Gasteiger partial charge < -0.3 is 10.6 Å². The molecule has 0 aliphatic carbocycles. The first-order valence-electron chi connectivity index (χ1n) is 9.84. The van der Waals surface area contributed by atoms with Gasteiger partial charge in [-0.3, -0.25) is 9.59 Å². The predicted molar refractivity (Wildman–Crippen MR) is 124 cm³/mol. The second kappa shape index (κ2) is 9.36. The minimum Gasteiger partial charge on any atom is -0.336 e. The van der Waals surface area contributed by atoms with Gasteiger partial charge in [0.05, 0.1) is 0 Å². The van der Waals surface area contributed by atoms with Crippen molar-refractivity contribution in [3.63, 3.8) is 0 Å². The summed E-state index contributed by atoms with van der Waals surface area (Å²) in [5.74, 6) is -0.625. The molecule has 0 aliphatic rings. The van der Waals surface area contributed by atoms with Gasteiger partial charge in [0.1, 0.15) is 11.0 Å². The lowest BCUT2D eigenvalue weighted by molar-refractivity contribution is -0.118. The Labute approximate surface area is 184 Å². The average Bonchev–Trinajstić information content (AvgIpc) is 3.25.